The van der Waals surface area contributed by atoms with Gasteiger partial charge in [-0.15, -0.1) is 24.8 Å². The van der Waals surface area contributed by atoms with Crippen molar-refractivity contribution in [2.75, 3.05) is 23.7 Å². The molecule has 0 aliphatic heterocycles. The lowest BCUT2D eigenvalue weighted by molar-refractivity contribution is -0.135. The molecule has 0 radical (unpaired) electrons. The van der Waals surface area contributed by atoms with Gasteiger partial charge in [-0.05, 0) is 24.3 Å². The number of hydrogen-bond acceptors (Lipinski definition) is 4. The van der Waals surface area contributed by atoms with Gasteiger partial charge in [-0.1, -0.05) is 0 Å². The Bertz CT molecular complexity index is 347. The molecule has 0 atom stereocenters. The number of carboxylic acids is 2. The summed E-state index contributed by atoms with van der Waals surface area (Å²) in [5.74, 6) is -1.87. The summed E-state index contributed by atoms with van der Waals surface area (Å²) in [6.45, 7) is -0.302. The molecule has 0 aromatic heterocycles. The third-order valence-corrected chi connectivity index (χ3v) is 1.77. The number of nitrogens with one attached hydrogen (secondary N) is 2. The van der Waals surface area contributed by atoms with E-state index in [0.29, 0.717) is 11.4 Å². The fourth-order valence-corrected chi connectivity index (χ4v) is 1.06. The molecule has 0 unspecified atom stereocenters. The SMILES string of the molecule is Cl.Cl.O=C(O)CNc1ccc(NCC(=O)O)cc1. The number of carboxylic acid groups (broad SMARTS) is 2. The molecule has 0 spiro atoms. The van der Waals surface area contributed by atoms with Gasteiger partial charge in [-0.3, -0.25) is 9.59 Å². The highest BCUT2D eigenvalue weighted by molar-refractivity contribution is 5.85. The van der Waals surface area contributed by atoms with Gasteiger partial charge in [-0.2, -0.15) is 0 Å². The zero-order valence-electron chi connectivity index (χ0n) is 9.25. The second-order valence-electron chi connectivity index (χ2n) is 3.07. The van der Waals surface area contributed by atoms with Crippen molar-refractivity contribution < 1.29 is 19.8 Å². The van der Waals surface area contributed by atoms with Gasteiger partial charge in [0, 0.05) is 11.4 Å². The molecule has 0 amide bonds. The summed E-state index contributed by atoms with van der Waals surface area (Å²) in [6.07, 6.45) is 0. The molecule has 4 N–H and O–H groups in total. The molecular formula is C10H14Cl2N2O4. The summed E-state index contributed by atoms with van der Waals surface area (Å²) in [5, 5.41) is 22.3. The molecule has 0 bridgehead atoms. The maximum atomic E-state index is 10.3. The fraction of sp³-hybridized carbons (Fsp3) is 0.200. The minimum Gasteiger partial charge on any atom is -0.480 e. The Kier molecular flexibility index (Phi) is 9.74. The van der Waals surface area contributed by atoms with E-state index in [2.05, 4.69) is 10.6 Å². The number of rotatable bonds is 6. The van der Waals surface area contributed by atoms with Crippen molar-refractivity contribution in [1.29, 1.82) is 0 Å². The average Bonchev–Trinajstić information content (AvgIpc) is 2.25. The molecule has 0 saturated carbocycles. The van der Waals surface area contributed by atoms with Crippen LogP contribution in [0.15, 0.2) is 24.3 Å². The zero-order valence-corrected chi connectivity index (χ0v) is 10.9. The summed E-state index contributed by atoms with van der Waals surface area (Å²) >= 11 is 0. The molecule has 6 nitrogen and oxygen atoms in total. The van der Waals surface area contributed by atoms with E-state index >= 15 is 0 Å². The normalized spacial score (nSPS) is 8.44. The second-order valence-corrected chi connectivity index (χ2v) is 3.07. The van der Waals surface area contributed by atoms with Gasteiger partial charge < -0.3 is 20.8 Å². The summed E-state index contributed by atoms with van der Waals surface area (Å²) in [5.41, 5.74) is 1.34. The van der Waals surface area contributed by atoms with E-state index in [-0.39, 0.29) is 37.9 Å². The van der Waals surface area contributed by atoms with E-state index in [1.165, 1.54) is 0 Å². The maximum Gasteiger partial charge on any atom is 0.322 e. The molecule has 0 aliphatic carbocycles. The summed E-state index contributed by atoms with van der Waals surface area (Å²) < 4.78 is 0. The van der Waals surface area contributed by atoms with Gasteiger partial charge in [0.2, 0.25) is 0 Å². The van der Waals surface area contributed by atoms with Gasteiger partial charge in [0.25, 0.3) is 0 Å². The van der Waals surface area contributed by atoms with Gasteiger partial charge in [0.05, 0.1) is 0 Å². The van der Waals surface area contributed by atoms with Gasteiger partial charge >= 0.3 is 11.9 Å². The van der Waals surface area contributed by atoms with Gasteiger partial charge in [-0.25, -0.2) is 0 Å². The number of benzene rings is 1. The average molecular weight is 297 g/mol. The lowest BCUT2D eigenvalue weighted by atomic mass is 10.3. The number of carbonyl (C=O) groups is 2. The van der Waals surface area contributed by atoms with E-state index in [1.807, 2.05) is 0 Å². The Balaban J connectivity index is 0. The van der Waals surface area contributed by atoms with E-state index in [1.54, 1.807) is 24.3 Å². The van der Waals surface area contributed by atoms with Crippen LogP contribution >= 0.6 is 24.8 Å². The first kappa shape index (κ1) is 18.7. The van der Waals surface area contributed by atoms with Crippen LogP contribution in [0, 0.1) is 0 Å². The standard InChI is InChI=1S/C10H12N2O4.2ClH/c13-9(14)5-11-7-1-2-8(4-3-7)12-6-10(15)16;;/h1-4,11-12H,5-6H2,(H,13,14)(H,15,16);2*1H. The predicted octanol–water partition coefficient (Wildman–Crippen LogP) is 1.52. The van der Waals surface area contributed by atoms with Gasteiger partial charge in [0.15, 0.2) is 0 Å². The number of anilines is 2. The highest BCUT2D eigenvalue weighted by atomic mass is 35.5. The Morgan fingerprint density at radius 2 is 1.11 bits per heavy atom. The molecule has 8 heteroatoms. The van der Waals surface area contributed by atoms with Crippen LogP contribution in [0.5, 0.6) is 0 Å². The van der Waals surface area contributed by atoms with E-state index in [9.17, 15) is 9.59 Å². The summed E-state index contributed by atoms with van der Waals surface area (Å²) in [4.78, 5) is 20.6. The molecule has 0 heterocycles. The van der Waals surface area contributed by atoms with Crippen LogP contribution in [0.3, 0.4) is 0 Å². The molecule has 0 aliphatic rings. The lowest BCUT2D eigenvalue weighted by Crippen LogP contribution is -2.13. The Labute approximate surface area is 116 Å². The molecule has 1 rings (SSSR count). The van der Waals surface area contributed by atoms with Crippen molar-refractivity contribution in [1.82, 2.24) is 0 Å². The summed E-state index contributed by atoms with van der Waals surface area (Å²) in [7, 11) is 0. The van der Waals surface area contributed by atoms with Crippen molar-refractivity contribution in [3.05, 3.63) is 24.3 Å². The van der Waals surface area contributed by atoms with Crippen molar-refractivity contribution >= 4 is 48.1 Å². The first-order valence-corrected chi connectivity index (χ1v) is 4.59. The van der Waals surface area contributed by atoms with Crippen LogP contribution in [0.2, 0.25) is 0 Å². The van der Waals surface area contributed by atoms with Crippen LogP contribution in [0.25, 0.3) is 0 Å². The summed E-state index contributed by atoms with van der Waals surface area (Å²) in [6, 6.07) is 6.69. The highest BCUT2D eigenvalue weighted by Crippen LogP contribution is 2.12. The molecule has 102 valence electrons. The maximum absolute atomic E-state index is 10.3. The molecule has 0 fully saturated rings. The Hall–Kier alpha value is -1.66. The van der Waals surface area contributed by atoms with Crippen molar-refractivity contribution in [3.63, 3.8) is 0 Å². The number of aliphatic carboxylic acids is 2. The first-order chi connectivity index (χ1) is 7.58. The Morgan fingerprint density at radius 1 is 0.833 bits per heavy atom. The van der Waals surface area contributed by atoms with Crippen LogP contribution in [0.1, 0.15) is 0 Å². The Morgan fingerprint density at radius 3 is 1.33 bits per heavy atom. The molecule has 1 aromatic carbocycles. The third-order valence-electron chi connectivity index (χ3n) is 1.77. The predicted molar refractivity (Wildman–Crippen MR) is 73.2 cm³/mol. The number of halogens is 2. The zero-order chi connectivity index (χ0) is 12.0. The monoisotopic (exact) mass is 296 g/mol. The highest BCUT2D eigenvalue weighted by Gasteiger charge is 1.99. The van der Waals surface area contributed by atoms with Crippen molar-refractivity contribution in [2.45, 2.75) is 0 Å². The number of hydrogen-bond donors (Lipinski definition) is 4. The molecular weight excluding hydrogens is 283 g/mol. The first-order valence-electron chi connectivity index (χ1n) is 4.59. The minimum absolute atomic E-state index is 0. The minimum atomic E-state index is -0.937. The third kappa shape index (κ3) is 7.59. The van der Waals surface area contributed by atoms with E-state index in [0.717, 1.165) is 0 Å². The quantitative estimate of drug-likeness (QED) is 0.635. The van der Waals surface area contributed by atoms with Gasteiger partial charge in [0.1, 0.15) is 13.1 Å². The lowest BCUT2D eigenvalue weighted by Gasteiger charge is -2.06. The van der Waals surface area contributed by atoms with Crippen LogP contribution in [-0.2, 0) is 9.59 Å². The van der Waals surface area contributed by atoms with Crippen LogP contribution in [-0.4, -0.2) is 35.2 Å². The smallest absolute Gasteiger partial charge is 0.322 e. The van der Waals surface area contributed by atoms with Crippen molar-refractivity contribution in [3.8, 4) is 0 Å². The second kappa shape index (κ2) is 9.38. The van der Waals surface area contributed by atoms with Crippen molar-refractivity contribution in [2.24, 2.45) is 0 Å². The van der Waals surface area contributed by atoms with Crippen LogP contribution in [0.4, 0.5) is 11.4 Å². The largest absolute Gasteiger partial charge is 0.480 e. The van der Waals surface area contributed by atoms with E-state index < -0.39 is 11.9 Å². The molecule has 18 heavy (non-hydrogen) atoms. The molecule has 0 saturated heterocycles. The van der Waals surface area contributed by atoms with Crippen LogP contribution < -0.4 is 10.6 Å². The fourth-order valence-electron chi connectivity index (χ4n) is 1.06. The van der Waals surface area contributed by atoms with E-state index in [4.69, 9.17) is 10.2 Å². The molecule has 1 aromatic rings. The topological polar surface area (TPSA) is 98.7 Å².